The van der Waals surface area contributed by atoms with Gasteiger partial charge in [0.2, 0.25) is 0 Å². The number of ether oxygens (including phenoxy) is 1. The van der Waals surface area contributed by atoms with Gasteiger partial charge in [-0.25, -0.2) is 0 Å². The Bertz CT molecular complexity index is 331. The van der Waals surface area contributed by atoms with Crippen LogP contribution in [0, 0.1) is 0 Å². The van der Waals surface area contributed by atoms with Crippen molar-refractivity contribution in [1.82, 2.24) is 0 Å². The van der Waals surface area contributed by atoms with E-state index in [1.54, 1.807) is 0 Å². The third-order valence-corrected chi connectivity index (χ3v) is 3.04. The summed E-state index contributed by atoms with van der Waals surface area (Å²) in [5.74, 6) is 0.597. The van der Waals surface area contributed by atoms with E-state index >= 15 is 0 Å². The molecule has 1 aliphatic heterocycles. The van der Waals surface area contributed by atoms with Crippen LogP contribution in [0.3, 0.4) is 0 Å². The molecule has 0 saturated carbocycles. The first-order chi connectivity index (χ1) is 7.54. The lowest BCUT2D eigenvalue weighted by Crippen LogP contribution is -2.34. The Hall–Kier alpha value is -0.860. The topological polar surface area (TPSA) is 35.2 Å². The predicted molar refractivity (Wildman–Crippen MR) is 66.6 cm³/mol. The lowest BCUT2D eigenvalue weighted by atomic mass is 9.93. The largest absolute Gasteiger partial charge is 0.381 e. The summed E-state index contributed by atoms with van der Waals surface area (Å²) in [7, 11) is 0. The summed E-state index contributed by atoms with van der Waals surface area (Å²) in [5.41, 5.74) is 8.59. The van der Waals surface area contributed by atoms with Crippen LogP contribution in [-0.2, 0) is 11.2 Å². The molecule has 0 bridgehead atoms. The molecular formula is C14H21NO. The predicted octanol–water partition coefficient (Wildman–Crippen LogP) is 2.47. The van der Waals surface area contributed by atoms with E-state index in [0.29, 0.717) is 5.92 Å². The quantitative estimate of drug-likeness (QED) is 0.847. The second kappa shape index (κ2) is 4.56. The van der Waals surface area contributed by atoms with Crippen LogP contribution in [0.5, 0.6) is 0 Å². The van der Waals surface area contributed by atoms with E-state index in [9.17, 15) is 0 Å². The van der Waals surface area contributed by atoms with E-state index in [1.165, 1.54) is 11.1 Å². The van der Waals surface area contributed by atoms with Gasteiger partial charge < -0.3 is 10.5 Å². The molecule has 0 spiro atoms. The summed E-state index contributed by atoms with van der Waals surface area (Å²) in [4.78, 5) is 0. The zero-order chi connectivity index (χ0) is 11.6. The van der Waals surface area contributed by atoms with Gasteiger partial charge in [-0.3, -0.25) is 0 Å². The lowest BCUT2D eigenvalue weighted by molar-refractivity contribution is 0.194. The van der Waals surface area contributed by atoms with Crippen LogP contribution in [0.4, 0.5) is 0 Å². The average molecular weight is 219 g/mol. The normalized spacial score (nSPS) is 21.3. The van der Waals surface area contributed by atoms with Gasteiger partial charge in [-0.15, -0.1) is 0 Å². The average Bonchev–Trinajstić information content (AvgIpc) is 2.69. The summed E-state index contributed by atoms with van der Waals surface area (Å²) in [6, 6.07) is 8.84. The summed E-state index contributed by atoms with van der Waals surface area (Å²) >= 11 is 0. The fourth-order valence-corrected chi connectivity index (χ4v) is 2.23. The van der Waals surface area contributed by atoms with Crippen molar-refractivity contribution in [2.24, 2.45) is 5.73 Å². The number of hydrogen-bond donors (Lipinski definition) is 1. The van der Waals surface area contributed by atoms with Gasteiger partial charge in [0.1, 0.15) is 0 Å². The molecule has 1 heterocycles. The smallest absolute Gasteiger partial charge is 0.0535 e. The van der Waals surface area contributed by atoms with Crippen molar-refractivity contribution in [3.05, 3.63) is 35.4 Å². The third kappa shape index (κ3) is 3.06. The second-order valence-electron chi connectivity index (χ2n) is 5.47. The molecule has 2 nitrogen and oxygen atoms in total. The van der Waals surface area contributed by atoms with Gasteiger partial charge in [0, 0.05) is 18.1 Å². The minimum Gasteiger partial charge on any atom is -0.381 e. The number of benzene rings is 1. The van der Waals surface area contributed by atoms with Gasteiger partial charge >= 0.3 is 0 Å². The van der Waals surface area contributed by atoms with Crippen LogP contribution >= 0.6 is 0 Å². The minimum atomic E-state index is -0.127. The summed E-state index contributed by atoms with van der Waals surface area (Å²) in [6.45, 7) is 5.90. The maximum absolute atomic E-state index is 6.01. The van der Waals surface area contributed by atoms with Gasteiger partial charge in [-0.05, 0) is 37.8 Å². The molecule has 1 aromatic rings. The maximum atomic E-state index is 6.01. The van der Waals surface area contributed by atoms with Gasteiger partial charge in [0.25, 0.3) is 0 Å². The Morgan fingerprint density at radius 3 is 2.50 bits per heavy atom. The van der Waals surface area contributed by atoms with Crippen LogP contribution < -0.4 is 5.73 Å². The Morgan fingerprint density at radius 2 is 2.00 bits per heavy atom. The highest BCUT2D eigenvalue weighted by atomic mass is 16.5. The van der Waals surface area contributed by atoms with Crippen molar-refractivity contribution in [2.75, 3.05) is 13.2 Å². The first-order valence-electron chi connectivity index (χ1n) is 6.00. The minimum absolute atomic E-state index is 0.127. The Labute approximate surface area is 97.8 Å². The molecule has 0 aliphatic carbocycles. The van der Waals surface area contributed by atoms with Crippen LogP contribution in [0.15, 0.2) is 24.3 Å². The fourth-order valence-electron chi connectivity index (χ4n) is 2.23. The maximum Gasteiger partial charge on any atom is 0.0535 e. The second-order valence-corrected chi connectivity index (χ2v) is 5.47. The van der Waals surface area contributed by atoms with Crippen LogP contribution in [0.1, 0.15) is 37.3 Å². The molecule has 2 N–H and O–H groups in total. The zero-order valence-electron chi connectivity index (χ0n) is 10.2. The fraction of sp³-hybridized carbons (Fsp3) is 0.571. The van der Waals surface area contributed by atoms with E-state index in [-0.39, 0.29) is 5.54 Å². The van der Waals surface area contributed by atoms with Crippen molar-refractivity contribution in [2.45, 2.75) is 38.1 Å². The van der Waals surface area contributed by atoms with E-state index in [1.807, 2.05) is 0 Å². The zero-order valence-corrected chi connectivity index (χ0v) is 10.2. The SMILES string of the molecule is CC(C)(N)Cc1ccc(C2CCOC2)cc1. The number of rotatable bonds is 3. The molecule has 2 rings (SSSR count). The van der Waals surface area contributed by atoms with Crippen LogP contribution in [0.2, 0.25) is 0 Å². The van der Waals surface area contributed by atoms with Gasteiger partial charge in [-0.2, -0.15) is 0 Å². The third-order valence-electron chi connectivity index (χ3n) is 3.04. The van der Waals surface area contributed by atoms with E-state index < -0.39 is 0 Å². The molecule has 1 atom stereocenters. The first kappa shape index (κ1) is 11.6. The van der Waals surface area contributed by atoms with Crippen molar-refractivity contribution in [1.29, 1.82) is 0 Å². The molecule has 1 unspecified atom stereocenters. The molecule has 0 amide bonds. The molecule has 88 valence electrons. The number of hydrogen-bond acceptors (Lipinski definition) is 2. The van der Waals surface area contributed by atoms with Gasteiger partial charge in [-0.1, -0.05) is 24.3 Å². The van der Waals surface area contributed by atoms with Crippen LogP contribution in [0.25, 0.3) is 0 Å². The molecule has 1 saturated heterocycles. The highest BCUT2D eigenvalue weighted by molar-refractivity contribution is 5.27. The lowest BCUT2D eigenvalue weighted by Gasteiger charge is -2.18. The molecular weight excluding hydrogens is 198 g/mol. The van der Waals surface area contributed by atoms with Gasteiger partial charge in [0.15, 0.2) is 0 Å². The van der Waals surface area contributed by atoms with E-state index in [4.69, 9.17) is 10.5 Å². The molecule has 16 heavy (non-hydrogen) atoms. The summed E-state index contributed by atoms with van der Waals surface area (Å²) in [5, 5.41) is 0. The first-order valence-corrected chi connectivity index (χ1v) is 6.00. The molecule has 0 aromatic heterocycles. The van der Waals surface area contributed by atoms with Crippen LogP contribution in [-0.4, -0.2) is 18.8 Å². The van der Waals surface area contributed by atoms with Crippen molar-refractivity contribution in [3.8, 4) is 0 Å². The van der Waals surface area contributed by atoms with E-state index in [0.717, 1.165) is 26.1 Å². The standard InChI is InChI=1S/C14H21NO/c1-14(2,15)9-11-3-5-12(6-4-11)13-7-8-16-10-13/h3-6,13H,7-10,15H2,1-2H3. The molecule has 2 heteroatoms. The van der Waals surface area contributed by atoms with E-state index in [2.05, 4.69) is 38.1 Å². The van der Waals surface area contributed by atoms with Crippen molar-refractivity contribution in [3.63, 3.8) is 0 Å². The number of nitrogens with two attached hydrogens (primary N) is 1. The molecule has 0 radical (unpaired) electrons. The Balaban J connectivity index is 2.04. The van der Waals surface area contributed by atoms with Crippen molar-refractivity contribution >= 4 is 0 Å². The summed E-state index contributed by atoms with van der Waals surface area (Å²) in [6.07, 6.45) is 2.08. The highest BCUT2D eigenvalue weighted by Crippen LogP contribution is 2.25. The van der Waals surface area contributed by atoms with Gasteiger partial charge in [0.05, 0.1) is 6.61 Å². The summed E-state index contributed by atoms with van der Waals surface area (Å²) < 4.78 is 5.40. The monoisotopic (exact) mass is 219 g/mol. The highest BCUT2D eigenvalue weighted by Gasteiger charge is 2.18. The Kier molecular flexibility index (Phi) is 3.31. The Morgan fingerprint density at radius 1 is 1.31 bits per heavy atom. The molecule has 1 fully saturated rings. The molecule has 1 aromatic carbocycles. The van der Waals surface area contributed by atoms with Crippen molar-refractivity contribution < 1.29 is 4.74 Å². The molecule has 1 aliphatic rings.